The lowest BCUT2D eigenvalue weighted by atomic mass is 10.1. The summed E-state index contributed by atoms with van der Waals surface area (Å²) in [7, 11) is 2.91. The van der Waals surface area contributed by atoms with Gasteiger partial charge in [-0.25, -0.2) is 0 Å². The van der Waals surface area contributed by atoms with E-state index in [2.05, 4.69) is 5.32 Å². The van der Waals surface area contributed by atoms with Crippen molar-refractivity contribution in [3.8, 4) is 11.5 Å². The third kappa shape index (κ3) is 2.77. The van der Waals surface area contributed by atoms with E-state index in [9.17, 15) is 15.2 Å². The number of nitro benzene ring substituents is 1. The number of benzene rings is 1. The van der Waals surface area contributed by atoms with Crippen molar-refractivity contribution in [3.05, 3.63) is 22.2 Å². The zero-order valence-corrected chi connectivity index (χ0v) is 11.5. The Morgan fingerprint density at radius 1 is 1.35 bits per heavy atom. The first-order valence-corrected chi connectivity index (χ1v) is 6.30. The van der Waals surface area contributed by atoms with Crippen molar-refractivity contribution in [2.45, 2.75) is 12.8 Å². The molecule has 0 radical (unpaired) electrons. The van der Waals surface area contributed by atoms with E-state index in [1.807, 2.05) is 0 Å². The second kappa shape index (κ2) is 5.54. The summed E-state index contributed by atoms with van der Waals surface area (Å²) in [5.74, 6) is 0.738. The van der Waals surface area contributed by atoms with E-state index in [1.165, 1.54) is 20.3 Å². The number of nitrogens with zero attached hydrogens (tertiary/aromatic N) is 1. The topological polar surface area (TPSA) is 93.9 Å². The SMILES string of the molecule is COc1cc(NCC2(CO)CC2)c([N+](=O)[O-])cc1OC. The molecule has 1 fully saturated rings. The molecule has 0 amide bonds. The first-order chi connectivity index (χ1) is 9.55. The van der Waals surface area contributed by atoms with Crippen LogP contribution in [-0.4, -0.2) is 37.4 Å². The maximum atomic E-state index is 11.1. The Balaban J connectivity index is 2.27. The summed E-state index contributed by atoms with van der Waals surface area (Å²) in [6, 6.07) is 2.88. The highest BCUT2D eigenvalue weighted by atomic mass is 16.6. The molecule has 0 spiro atoms. The highest BCUT2D eigenvalue weighted by molar-refractivity contribution is 5.68. The Morgan fingerprint density at radius 3 is 2.40 bits per heavy atom. The van der Waals surface area contributed by atoms with E-state index in [-0.39, 0.29) is 17.7 Å². The number of aliphatic hydroxyl groups excluding tert-OH is 1. The van der Waals surface area contributed by atoms with Gasteiger partial charge in [0.15, 0.2) is 11.5 Å². The first-order valence-electron chi connectivity index (χ1n) is 6.30. The Morgan fingerprint density at radius 2 is 1.95 bits per heavy atom. The van der Waals surface area contributed by atoms with Crippen LogP contribution in [0.4, 0.5) is 11.4 Å². The van der Waals surface area contributed by atoms with Crippen molar-refractivity contribution in [3.63, 3.8) is 0 Å². The number of nitrogens with one attached hydrogen (secondary N) is 1. The van der Waals surface area contributed by atoms with Gasteiger partial charge in [0.2, 0.25) is 0 Å². The average molecular weight is 282 g/mol. The van der Waals surface area contributed by atoms with Gasteiger partial charge in [0.05, 0.1) is 31.8 Å². The van der Waals surface area contributed by atoms with Crippen LogP contribution in [0.25, 0.3) is 0 Å². The van der Waals surface area contributed by atoms with Crippen molar-refractivity contribution in [1.82, 2.24) is 0 Å². The second-order valence-electron chi connectivity index (χ2n) is 4.99. The maximum Gasteiger partial charge on any atom is 0.296 e. The number of anilines is 1. The van der Waals surface area contributed by atoms with Gasteiger partial charge < -0.3 is 19.9 Å². The Labute approximate surface area is 116 Å². The van der Waals surface area contributed by atoms with Crippen LogP contribution in [0, 0.1) is 15.5 Å². The first kappa shape index (κ1) is 14.4. The standard InChI is InChI=1S/C13H18N2O5/c1-19-11-5-9(14-7-13(8-16)3-4-13)10(15(17)18)6-12(11)20-2/h5-6,14,16H,3-4,7-8H2,1-2H3. The molecule has 1 saturated carbocycles. The van der Waals surface area contributed by atoms with Gasteiger partial charge in [-0.05, 0) is 12.8 Å². The minimum Gasteiger partial charge on any atom is -0.493 e. The van der Waals surface area contributed by atoms with Crippen molar-refractivity contribution >= 4 is 11.4 Å². The lowest BCUT2D eigenvalue weighted by Crippen LogP contribution is -2.19. The third-order valence-electron chi connectivity index (χ3n) is 3.64. The summed E-state index contributed by atoms with van der Waals surface area (Å²) in [6.07, 6.45) is 1.86. The molecule has 0 unspecified atom stereocenters. The van der Waals surface area contributed by atoms with Crippen LogP contribution in [0.1, 0.15) is 12.8 Å². The van der Waals surface area contributed by atoms with E-state index in [0.29, 0.717) is 23.7 Å². The van der Waals surface area contributed by atoms with Gasteiger partial charge >= 0.3 is 0 Å². The highest BCUT2D eigenvalue weighted by Crippen LogP contribution is 2.46. The molecule has 0 atom stereocenters. The zero-order valence-electron chi connectivity index (χ0n) is 11.5. The molecule has 110 valence electrons. The number of ether oxygens (including phenoxy) is 2. The molecule has 2 N–H and O–H groups in total. The van der Waals surface area contributed by atoms with Crippen molar-refractivity contribution in [2.75, 3.05) is 32.7 Å². The fourth-order valence-corrected chi connectivity index (χ4v) is 2.01. The monoisotopic (exact) mass is 282 g/mol. The van der Waals surface area contributed by atoms with Gasteiger partial charge in [0.1, 0.15) is 5.69 Å². The quantitative estimate of drug-likeness (QED) is 0.585. The van der Waals surface area contributed by atoms with Crippen LogP contribution in [0.15, 0.2) is 12.1 Å². The molecule has 0 bridgehead atoms. The lowest BCUT2D eigenvalue weighted by molar-refractivity contribution is -0.384. The minimum atomic E-state index is -0.469. The van der Waals surface area contributed by atoms with Crippen LogP contribution >= 0.6 is 0 Å². The van der Waals surface area contributed by atoms with Gasteiger partial charge in [-0.2, -0.15) is 0 Å². The Kier molecular flexibility index (Phi) is 3.99. The van der Waals surface area contributed by atoms with Gasteiger partial charge in [-0.3, -0.25) is 10.1 Å². The van der Waals surface area contributed by atoms with E-state index in [4.69, 9.17) is 9.47 Å². The molecule has 1 aliphatic carbocycles. The maximum absolute atomic E-state index is 11.1. The molecule has 1 aliphatic rings. The van der Waals surface area contributed by atoms with Gasteiger partial charge in [0, 0.05) is 18.0 Å². The van der Waals surface area contributed by atoms with Crippen LogP contribution in [0.2, 0.25) is 0 Å². The molecule has 0 saturated heterocycles. The smallest absolute Gasteiger partial charge is 0.296 e. The van der Waals surface area contributed by atoms with E-state index < -0.39 is 4.92 Å². The molecule has 7 nitrogen and oxygen atoms in total. The lowest BCUT2D eigenvalue weighted by Gasteiger charge is -2.15. The summed E-state index contributed by atoms with van der Waals surface area (Å²) < 4.78 is 10.2. The summed E-state index contributed by atoms with van der Waals surface area (Å²) in [4.78, 5) is 10.6. The third-order valence-corrected chi connectivity index (χ3v) is 3.64. The molecule has 2 rings (SSSR count). The zero-order chi connectivity index (χ0) is 14.8. The summed E-state index contributed by atoms with van der Waals surface area (Å²) >= 11 is 0. The number of hydrogen-bond donors (Lipinski definition) is 2. The van der Waals surface area contributed by atoms with Crippen LogP contribution in [-0.2, 0) is 0 Å². The molecule has 7 heteroatoms. The molecule has 1 aromatic carbocycles. The van der Waals surface area contributed by atoms with Gasteiger partial charge in [0.25, 0.3) is 5.69 Å². The van der Waals surface area contributed by atoms with E-state index in [1.54, 1.807) is 6.07 Å². The largest absolute Gasteiger partial charge is 0.493 e. The summed E-state index contributed by atoms with van der Waals surface area (Å²) in [6.45, 7) is 0.584. The molecular weight excluding hydrogens is 264 g/mol. The van der Waals surface area contributed by atoms with Crippen LogP contribution in [0.3, 0.4) is 0 Å². The number of methoxy groups -OCH3 is 2. The number of rotatable bonds is 7. The van der Waals surface area contributed by atoms with E-state index >= 15 is 0 Å². The van der Waals surface area contributed by atoms with Crippen molar-refractivity contribution < 1.29 is 19.5 Å². The summed E-state index contributed by atoms with van der Waals surface area (Å²) in [5, 5.41) is 23.4. The Hall–Kier alpha value is -2.02. The number of nitro groups is 1. The molecule has 0 heterocycles. The minimum absolute atomic E-state index is 0.0728. The predicted octanol–water partition coefficient (Wildman–Crippen LogP) is 1.80. The van der Waals surface area contributed by atoms with Crippen molar-refractivity contribution in [2.24, 2.45) is 5.41 Å². The van der Waals surface area contributed by atoms with Crippen molar-refractivity contribution in [1.29, 1.82) is 0 Å². The molecule has 0 aliphatic heterocycles. The second-order valence-corrected chi connectivity index (χ2v) is 4.99. The van der Waals surface area contributed by atoms with Crippen LogP contribution < -0.4 is 14.8 Å². The van der Waals surface area contributed by atoms with E-state index in [0.717, 1.165) is 12.8 Å². The number of aliphatic hydroxyl groups is 1. The molecule has 20 heavy (non-hydrogen) atoms. The molecule has 1 aromatic rings. The summed E-state index contributed by atoms with van der Waals surface area (Å²) in [5.41, 5.74) is 0.157. The fraction of sp³-hybridized carbons (Fsp3) is 0.538. The molecule has 0 aromatic heterocycles. The molecular formula is C13H18N2O5. The normalized spacial score (nSPS) is 15.6. The Bertz CT molecular complexity index is 514. The van der Waals surface area contributed by atoms with Crippen LogP contribution in [0.5, 0.6) is 11.5 Å². The number of hydrogen-bond acceptors (Lipinski definition) is 6. The highest BCUT2D eigenvalue weighted by Gasteiger charge is 2.42. The predicted molar refractivity (Wildman–Crippen MR) is 73.4 cm³/mol. The average Bonchev–Trinajstić information content (AvgIpc) is 3.24. The fourth-order valence-electron chi connectivity index (χ4n) is 2.01. The van der Waals surface area contributed by atoms with Gasteiger partial charge in [-0.1, -0.05) is 0 Å². The van der Waals surface area contributed by atoms with Gasteiger partial charge in [-0.15, -0.1) is 0 Å².